The predicted molar refractivity (Wildman–Crippen MR) is 208 cm³/mol. The van der Waals surface area contributed by atoms with E-state index in [2.05, 4.69) is 21.3 Å². The fourth-order valence-electron chi connectivity index (χ4n) is 6.87. The maximum absolute atomic E-state index is 14.5. The molecule has 1 aromatic carbocycles. The topological polar surface area (TPSA) is 198 Å². The highest BCUT2D eigenvalue weighted by Crippen LogP contribution is 2.34. The van der Waals surface area contributed by atoms with Crippen molar-refractivity contribution in [3.05, 3.63) is 33.8 Å². The lowest BCUT2D eigenvalue weighted by molar-refractivity contribution is -0.250. The summed E-state index contributed by atoms with van der Waals surface area (Å²) in [7, 11) is 2.63. The van der Waals surface area contributed by atoms with Crippen molar-refractivity contribution < 1.29 is 56.2 Å². The Hall–Kier alpha value is -4.23. The number of rotatable bonds is 9. The third kappa shape index (κ3) is 12.4. The van der Waals surface area contributed by atoms with Gasteiger partial charge in [-0.25, -0.2) is 4.39 Å². The molecule has 5 N–H and O–H groups in total. The molecule has 0 spiro atoms. The van der Waals surface area contributed by atoms with E-state index in [4.69, 9.17) is 23.2 Å². The molecule has 7 amide bonds. The van der Waals surface area contributed by atoms with Gasteiger partial charge in [-0.2, -0.15) is 13.2 Å². The Balaban J connectivity index is 1.92. The van der Waals surface area contributed by atoms with E-state index in [1.807, 2.05) is 0 Å². The SMILES string of the molecule is CC(C)C[C@@H]1NC(=O)[C@@H](N(C)C(=O)[C@H](C)NC(=O)[C@@H]2C[C@@H](F)CN2C(=O)[C@@](C)(O)C(F)(F)F)CCCCNC(=O)[C@@H](C)NC(=O)[C@H](Cc2cc(Cl)ccc2Cl)N(C)C1=O. The van der Waals surface area contributed by atoms with Gasteiger partial charge in [0.2, 0.25) is 41.0 Å². The Kier molecular flexibility index (Phi) is 17.0. The Labute approximate surface area is 350 Å². The van der Waals surface area contributed by atoms with Gasteiger partial charge in [0.15, 0.2) is 0 Å². The summed E-state index contributed by atoms with van der Waals surface area (Å²) in [6.45, 7) is 5.72. The molecule has 0 bridgehead atoms. The van der Waals surface area contributed by atoms with Crippen LogP contribution in [0.5, 0.6) is 0 Å². The van der Waals surface area contributed by atoms with Crippen LogP contribution >= 0.6 is 23.2 Å². The molecule has 8 atom stereocenters. The first kappa shape index (κ1) is 49.1. The normalized spacial score (nSPS) is 25.7. The van der Waals surface area contributed by atoms with E-state index in [9.17, 15) is 56.2 Å². The maximum Gasteiger partial charge on any atom is 0.426 e. The van der Waals surface area contributed by atoms with Crippen molar-refractivity contribution in [2.24, 2.45) is 5.92 Å². The molecule has 2 aliphatic rings. The van der Waals surface area contributed by atoms with Crippen molar-refractivity contribution in [1.29, 1.82) is 0 Å². The zero-order valence-corrected chi connectivity index (χ0v) is 35.4. The molecule has 3 rings (SSSR count). The van der Waals surface area contributed by atoms with Gasteiger partial charge >= 0.3 is 6.18 Å². The third-order valence-electron chi connectivity index (χ3n) is 10.4. The van der Waals surface area contributed by atoms with E-state index in [-0.39, 0.29) is 55.0 Å². The zero-order valence-electron chi connectivity index (χ0n) is 33.9. The minimum absolute atomic E-state index is 0.00613. The van der Waals surface area contributed by atoms with E-state index < -0.39 is 109 Å². The van der Waals surface area contributed by atoms with Crippen molar-refractivity contribution in [1.82, 2.24) is 36.0 Å². The molecule has 15 nitrogen and oxygen atoms in total. The van der Waals surface area contributed by atoms with Gasteiger partial charge in [-0.1, -0.05) is 37.0 Å². The number of nitrogens with one attached hydrogen (secondary N) is 4. The number of likely N-dealkylation sites (tertiary alicyclic amines) is 1. The summed E-state index contributed by atoms with van der Waals surface area (Å²) in [6.07, 6.45) is -7.46. The van der Waals surface area contributed by atoms with Crippen molar-refractivity contribution >= 4 is 64.6 Å². The number of alkyl halides is 4. The molecular weight excluding hydrogens is 829 g/mol. The van der Waals surface area contributed by atoms with Gasteiger partial charge in [0.05, 0.1) is 6.54 Å². The summed E-state index contributed by atoms with van der Waals surface area (Å²) in [5, 5.41) is 20.9. The zero-order chi connectivity index (χ0) is 44.7. The standard InChI is InChI=1S/C38H53Cl2F4N7O8/c1-19(2)14-26-35(57)50(7)28(16-22-15-23(39)11-12-25(22)40)32(54)46-20(3)30(52)45-13-9-8-10-27(31(53)48-26)49(6)34(56)21(4)47-33(55)29-17-24(41)18-51(29)36(58)37(5,59)38(42,43)44/h11-12,15,19-21,24,26-29,59H,8-10,13-14,16-18H2,1-7H3,(H,45,52)(H,46,54)(H,47,55)(H,48,53)/t20-,21+,24-,26+,27+,28+,29+,37-/m1/s1. The molecule has 0 aromatic heterocycles. The van der Waals surface area contributed by atoms with Gasteiger partial charge in [-0.15, -0.1) is 0 Å². The number of likely N-dealkylation sites (N-methyl/N-ethyl adjacent to an activating group) is 2. The lowest BCUT2D eigenvalue weighted by Crippen LogP contribution is -2.61. The molecular formula is C38H53Cl2F4N7O8. The van der Waals surface area contributed by atoms with Crippen LogP contribution in [0.15, 0.2) is 18.2 Å². The Morgan fingerprint density at radius 1 is 1.03 bits per heavy atom. The van der Waals surface area contributed by atoms with Crippen LogP contribution in [0.25, 0.3) is 0 Å². The Bertz CT molecular complexity index is 1750. The monoisotopic (exact) mass is 881 g/mol. The van der Waals surface area contributed by atoms with Gasteiger partial charge in [-0.05, 0) is 76.1 Å². The van der Waals surface area contributed by atoms with Crippen LogP contribution in [-0.2, 0) is 40.0 Å². The number of benzene rings is 1. The number of aliphatic hydroxyl groups is 1. The van der Waals surface area contributed by atoms with E-state index in [0.717, 1.165) is 9.80 Å². The quantitative estimate of drug-likeness (QED) is 0.233. The smallest absolute Gasteiger partial charge is 0.373 e. The van der Waals surface area contributed by atoms with Crippen molar-refractivity contribution in [2.45, 2.75) is 127 Å². The second kappa shape index (κ2) is 20.4. The maximum atomic E-state index is 14.5. The fraction of sp³-hybridized carbons (Fsp3) is 0.658. The first-order chi connectivity index (χ1) is 27.3. The molecule has 2 saturated heterocycles. The third-order valence-corrected chi connectivity index (χ3v) is 11.0. The molecule has 2 aliphatic heterocycles. The van der Waals surface area contributed by atoms with Crippen LogP contribution in [0.2, 0.25) is 10.0 Å². The fourth-order valence-corrected chi connectivity index (χ4v) is 7.26. The van der Waals surface area contributed by atoms with Gasteiger partial charge in [0.1, 0.15) is 42.4 Å². The summed E-state index contributed by atoms with van der Waals surface area (Å²) in [4.78, 5) is 97.4. The summed E-state index contributed by atoms with van der Waals surface area (Å²) in [5.74, 6) is -6.77. The number of hydrogen-bond donors (Lipinski definition) is 5. The van der Waals surface area contributed by atoms with Crippen molar-refractivity contribution in [3.63, 3.8) is 0 Å². The highest BCUT2D eigenvalue weighted by Gasteiger charge is 2.59. The van der Waals surface area contributed by atoms with Crippen molar-refractivity contribution in [3.8, 4) is 0 Å². The molecule has 1 aromatic rings. The molecule has 59 heavy (non-hydrogen) atoms. The van der Waals surface area contributed by atoms with Crippen LogP contribution in [-0.4, -0.2) is 143 Å². The van der Waals surface area contributed by atoms with Crippen LogP contribution in [0.3, 0.4) is 0 Å². The molecule has 21 heteroatoms. The lowest BCUT2D eigenvalue weighted by atomic mass is 9.98. The lowest BCUT2D eigenvalue weighted by Gasteiger charge is -2.35. The molecule has 0 aliphatic carbocycles. The first-order valence-electron chi connectivity index (χ1n) is 19.2. The molecule has 2 heterocycles. The van der Waals surface area contributed by atoms with E-state index in [0.29, 0.717) is 17.0 Å². The van der Waals surface area contributed by atoms with Crippen LogP contribution in [0.4, 0.5) is 17.6 Å². The average molecular weight is 883 g/mol. The number of amides is 7. The average Bonchev–Trinajstić information content (AvgIpc) is 3.54. The number of hydrogen-bond acceptors (Lipinski definition) is 8. The largest absolute Gasteiger partial charge is 0.426 e. The summed E-state index contributed by atoms with van der Waals surface area (Å²) in [6, 6.07) is -3.38. The second-order valence-electron chi connectivity index (χ2n) is 15.7. The first-order valence-corrected chi connectivity index (χ1v) is 19.9. The molecule has 0 saturated carbocycles. The van der Waals surface area contributed by atoms with Gasteiger partial charge < -0.3 is 41.1 Å². The number of halogens is 6. The van der Waals surface area contributed by atoms with E-state index >= 15 is 0 Å². The predicted octanol–water partition coefficient (Wildman–Crippen LogP) is 2.28. The van der Waals surface area contributed by atoms with Crippen LogP contribution in [0, 0.1) is 5.92 Å². The van der Waals surface area contributed by atoms with Crippen LogP contribution in [0.1, 0.15) is 72.3 Å². The van der Waals surface area contributed by atoms with Crippen molar-refractivity contribution in [2.75, 3.05) is 27.2 Å². The molecule has 0 radical (unpaired) electrons. The highest BCUT2D eigenvalue weighted by molar-refractivity contribution is 6.33. The number of carbonyl (C=O) groups is 7. The molecule has 0 unspecified atom stereocenters. The van der Waals surface area contributed by atoms with Gasteiger partial charge in [-0.3, -0.25) is 33.6 Å². The summed E-state index contributed by atoms with van der Waals surface area (Å²) >= 11 is 12.6. The Morgan fingerprint density at radius 2 is 1.68 bits per heavy atom. The molecule has 2 fully saturated rings. The summed E-state index contributed by atoms with van der Waals surface area (Å²) in [5.41, 5.74) is -3.49. The summed E-state index contributed by atoms with van der Waals surface area (Å²) < 4.78 is 54.8. The number of carbonyl (C=O) groups excluding carboxylic acids is 7. The Morgan fingerprint density at radius 3 is 2.29 bits per heavy atom. The highest BCUT2D eigenvalue weighted by atomic mass is 35.5. The second-order valence-corrected chi connectivity index (χ2v) is 16.5. The van der Waals surface area contributed by atoms with E-state index in [1.54, 1.807) is 26.0 Å². The van der Waals surface area contributed by atoms with Gasteiger partial charge in [0, 0.05) is 43.5 Å². The van der Waals surface area contributed by atoms with Crippen LogP contribution < -0.4 is 21.3 Å². The number of nitrogens with zero attached hydrogens (tertiary/aromatic N) is 3. The van der Waals surface area contributed by atoms with Gasteiger partial charge in [0.25, 0.3) is 5.91 Å². The minimum Gasteiger partial charge on any atom is -0.373 e. The molecule has 330 valence electrons. The minimum atomic E-state index is -5.43. The van der Waals surface area contributed by atoms with E-state index in [1.165, 1.54) is 34.0 Å².